The number of imide groups is 2. The van der Waals surface area contributed by atoms with Crippen LogP contribution in [0.15, 0.2) is 36.4 Å². The lowest BCUT2D eigenvalue weighted by molar-refractivity contribution is -0.140. The molecule has 8 nitrogen and oxygen atoms in total. The molecule has 4 rings (SSSR count). The second-order valence-electron chi connectivity index (χ2n) is 7.72. The first kappa shape index (κ1) is 23.1. The third-order valence-corrected chi connectivity index (χ3v) is 5.56. The molecule has 2 N–H and O–H groups in total. The van der Waals surface area contributed by atoms with Crippen molar-refractivity contribution in [1.29, 1.82) is 0 Å². The first-order valence-corrected chi connectivity index (χ1v) is 9.96. The van der Waals surface area contributed by atoms with Gasteiger partial charge in [0.2, 0.25) is 11.8 Å². The van der Waals surface area contributed by atoms with Gasteiger partial charge in [-0.05, 0) is 36.2 Å². The number of fused-ring (bicyclic) bond motifs is 1. The van der Waals surface area contributed by atoms with E-state index in [-0.39, 0.29) is 36.6 Å². The van der Waals surface area contributed by atoms with E-state index in [4.69, 9.17) is 0 Å². The number of amides is 5. The Hall–Kier alpha value is -4.09. The van der Waals surface area contributed by atoms with Gasteiger partial charge in [0.15, 0.2) is 0 Å². The highest BCUT2D eigenvalue weighted by atomic mass is 19.4. The van der Waals surface area contributed by atoms with Gasteiger partial charge in [-0.2, -0.15) is 13.2 Å². The second kappa shape index (κ2) is 8.36. The van der Waals surface area contributed by atoms with Crippen molar-refractivity contribution in [2.24, 2.45) is 0 Å². The number of benzene rings is 2. The van der Waals surface area contributed by atoms with Crippen LogP contribution in [0.5, 0.6) is 0 Å². The summed E-state index contributed by atoms with van der Waals surface area (Å²) in [7, 11) is 0. The minimum Gasteiger partial charge on any atom is -0.322 e. The molecule has 0 radical (unpaired) electrons. The molecule has 0 spiro atoms. The van der Waals surface area contributed by atoms with Crippen molar-refractivity contribution in [2.75, 3.05) is 0 Å². The van der Waals surface area contributed by atoms with Crippen molar-refractivity contribution in [3.63, 3.8) is 0 Å². The number of halogens is 4. The molecule has 0 bridgehead atoms. The number of nitrogens with one attached hydrogen (secondary N) is 2. The number of rotatable bonds is 3. The quantitative estimate of drug-likeness (QED) is 0.520. The Morgan fingerprint density at radius 3 is 2.47 bits per heavy atom. The van der Waals surface area contributed by atoms with Gasteiger partial charge in [0.05, 0.1) is 16.7 Å². The summed E-state index contributed by atoms with van der Waals surface area (Å²) in [6.07, 6.45) is -4.90. The van der Waals surface area contributed by atoms with Gasteiger partial charge in [-0.3, -0.25) is 34.6 Å². The largest absolute Gasteiger partial charge is 0.419 e. The maximum Gasteiger partial charge on any atom is 0.419 e. The molecule has 0 saturated carbocycles. The molecule has 1 saturated heterocycles. The number of nitrogens with zero attached hydrogens (tertiary/aromatic N) is 1. The highest BCUT2D eigenvalue weighted by Crippen LogP contribution is 2.32. The molecule has 2 aromatic rings. The molecule has 0 aliphatic carbocycles. The van der Waals surface area contributed by atoms with Gasteiger partial charge in [0, 0.05) is 18.5 Å². The first-order chi connectivity index (χ1) is 16.0. The van der Waals surface area contributed by atoms with Crippen LogP contribution in [-0.2, 0) is 22.3 Å². The van der Waals surface area contributed by atoms with Crippen LogP contribution in [0.25, 0.3) is 0 Å². The lowest BCUT2D eigenvalue weighted by Crippen LogP contribution is -2.52. The normalized spacial score (nSPS) is 17.9. The minimum atomic E-state index is -5.05. The van der Waals surface area contributed by atoms with Crippen LogP contribution in [0.2, 0.25) is 0 Å². The molecule has 5 amide bonds. The summed E-state index contributed by atoms with van der Waals surface area (Å²) in [5.41, 5.74) is -2.15. The molecular formula is C22H15F4N3O5. The summed E-state index contributed by atoms with van der Waals surface area (Å²) >= 11 is 0. The maximum absolute atomic E-state index is 13.5. The zero-order chi connectivity index (χ0) is 24.8. The van der Waals surface area contributed by atoms with Crippen molar-refractivity contribution in [2.45, 2.75) is 31.6 Å². The molecular weight excluding hydrogens is 462 g/mol. The van der Waals surface area contributed by atoms with E-state index in [1.807, 2.05) is 5.32 Å². The molecule has 1 fully saturated rings. The summed E-state index contributed by atoms with van der Waals surface area (Å²) in [5.74, 6) is -5.62. The van der Waals surface area contributed by atoms with E-state index in [9.17, 15) is 41.5 Å². The SMILES string of the molecule is O=C1CCC(N2Cc3cccc(C(=O)NC(=O)c4ccc(F)c(C(F)(F)F)c4)c3C2=O)C(=O)N1. The van der Waals surface area contributed by atoms with Crippen molar-refractivity contribution in [1.82, 2.24) is 15.5 Å². The van der Waals surface area contributed by atoms with E-state index in [0.717, 1.165) is 6.07 Å². The van der Waals surface area contributed by atoms with Crippen molar-refractivity contribution >= 4 is 29.5 Å². The molecule has 2 aliphatic rings. The van der Waals surface area contributed by atoms with Gasteiger partial charge >= 0.3 is 6.18 Å². The van der Waals surface area contributed by atoms with Crippen LogP contribution >= 0.6 is 0 Å². The number of carbonyl (C=O) groups is 5. The van der Waals surface area contributed by atoms with Crippen LogP contribution in [0.1, 0.15) is 55.0 Å². The number of piperidine rings is 1. The Labute approximate surface area is 188 Å². The topological polar surface area (TPSA) is 113 Å². The fraction of sp³-hybridized carbons (Fsp3) is 0.227. The summed E-state index contributed by atoms with van der Waals surface area (Å²) in [4.78, 5) is 62.9. The van der Waals surface area contributed by atoms with E-state index >= 15 is 0 Å². The average Bonchev–Trinajstić information content (AvgIpc) is 3.09. The minimum absolute atomic E-state index is 0.0115. The highest BCUT2D eigenvalue weighted by Gasteiger charge is 2.41. The summed E-state index contributed by atoms with van der Waals surface area (Å²) in [5, 5.41) is 4.06. The fourth-order valence-electron chi connectivity index (χ4n) is 3.93. The van der Waals surface area contributed by atoms with E-state index in [1.165, 1.54) is 17.0 Å². The molecule has 2 heterocycles. The van der Waals surface area contributed by atoms with E-state index < -0.39 is 58.7 Å². The van der Waals surface area contributed by atoms with E-state index in [0.29, 0.717) is 11.6 Å². The monoisotopic (exact) mass is 477 g/mol. The summed E-state index contributed by atoms with van der Waals surface area (Å²) in [6, 6.07) is 4.85. The smallest absolute Gasteiger partial charge is 0.322 e. The van der Waals surface area contributed by atoms with Gasteiger partial charge < -0.3 is 4.90 Å². The molecule has 1 atom stereocenters. The Kier molecular flexibility index (Phi) is 5.67. The van der Waals surface area contributed by atoms with Crippen molar-refractivity contribution in [3.05, 3.63) is 70.0 Å². The standard InChI is InChI=1S/C22H15F4N3O5/c23-14-5-4-10(8-13(14)22(24,25)26)18(31)28-19(32)12-3-1-2-11-9-29(21(34)17(11)12)15-6-7-16(30)27-20(15)33/h1-5,8,15H,6-7,9H2,(H,27,30,33)(H,28,31,32). The van der Waals surface area contributed by atoms with Gasteiger partial charge in [-0.15, -0.1) is 0 Å². The Morgan fingerprint density at radius 1 is 1.06 bits per heavy atom. The summed E-state index contributed by atoms with van der Waals surface area (Å²) < 4.78 is 52.3. The van der Waals surface area contributed by atoms with Gasteiger partial charge in [0.1, 0.15) is 11.9 Å². The van der Waals surface area contributed by atoms with Crippen LogP contribution in [0.4, 0.5) is 17.6 Å². The fourth-order valence-corrected chi connectivity index (χ4v) is 3.93. The number of hydrogen-bond acceptors (Lipinski definition) is 5. The van der Waals surface area contributed by atoms with Crippen LogP contribution < -0.4 is 10.6 Å². The molecule has 1 unspecified atom stereocenters. The number of hydrogen-bond donors (Lipinski definition) is 2. The van der Waals surface area contributed by atoms with Crippen LogP contribution in [0.3, 0.4) is 0 Å². The molecule has 176 valence electrons. The Morgan fingerprint density at radius 2 is 1.79 bits per heavy atom. The zero-order valence-electron chi connectivity index (χ0n) is 17.2. The van der Waals surface area contributed by atoms with Gasteiger partial charge in [-0.1, -0.05) is 12.1 Å². The van der Waals surface area contributed by atoms with E-state index in [2.05, 4.69) is 5.32 Å². The average molecular weight is 477 g/mol. The highest BCUT2D eigenvalue weighted by molar-refractivity contribution is 6.16. The third-order valence-electron chi connectivity index (χ3n) is 5.56. The molecule has 0 aromatic heterocycles. The van der Waals surface area contributed by atoms with Crippen LogP contribution in [0, 0.1) is 5.82 Å². The molecule has 34 heavy (non-hydrogen) atoms. The number of carbonyl (C=O) groups excluding carboxylic acids is 5. The van der Waals surface area contributed by atoms with Crippen molar-refractivity contribution in [3.8, 4) is 0 Å². The maximum atomic E-state index is 13.5. The lowest BCUT2D eigenvalue weighted by atomic mass is 10.0. The second-order valence-corrected chi connectivity index (χ2v) is 7.72. The molecule has 2 aromatic carbocycles. The Bertz CT molecular complexity index is 1260. The van der Waals surface area contributed by atoms with Crippen LogP contribution in [-0.4, -0.2) is 40.5 Å². The molecule has 2 aliphatic heterocycles. The predicted octanol–water partition coefficient (Wildman–Crippen LogP) is 2.18. The van der Waals surface area contributed by atoms with Gasteiger partial charge in [-0.25, -0.2) is 4.39 Å². The molecule has 12 heteroatoms. The zero-order valence-corrected chi connectivity index (χ0v) is 17.2. The third kappa shape index (κ3) is 4.14. The summed E-state index contributed by atoms with van der Waals surface area (Å²) in [6.45, 7) is -0.0115. The van der Waals surface area contributed by atoms with Gasteiger partial charge in [0.25, 0.3) is 17.7 Å². The predicted molar refractivity (Wildman–Crippen MR) is 106 cm³/mol. The first-order valence-electron chi connectivity index (χ1n) is 9.96. The lowest BCUT2D eigenvalue weighted by Gasteiger charge is -2.29. The van der Waals surface area contributed by atoms with E-state index in [1.54, 1.807) is 6.07 Å². The van der Waals surface area contributed by atoms with Crippen molar-refractivity contribution < 1.29 is 41.5 Å². The number of alkyl halides is 3. The Balaban J connectivity index is 1.57.